The maximum absolute atomic E-state index is 5.87. The summed E-state index contributed by atoms with van der Waals surface area (Å²) in [5, 5.41) is 0. The minimum absolute atomic E-state index is 0.0275. The zero-order chi connectivity index (χ0) is 13.4. The Kier molecular flexibility index (Phi) is 7.53. The van der Waals surface area contributed by atoms with Crippen LogP contribution in [0.3, 0.4) is 0 Å². The van der Waals surface area contributed by atoms with Gasteiger partial charge in [0.05, 0.1) is 30.0 Å². The van der Waals surface area contributed by atoms with Crippen molar-refractivity contribution >= 4 is 15.9 Å². The van der Waals surface area contributed by atoms with Gasteiger partial charge in [-0.25, -0.2) is 0 Å². The molecule has 5 nitrogen and oxygen atoms in total. The lowest BCUT2D eigenvalue weighted by molar-refractivity contribution is 0.0820. The van der Waals surface area contributed by atoms with Crippen LogP contribution >= 0.6 is 15.9 Å². The van der Waals surface area contributed by atoms with Gasteiger partial charge in [0, 0.05) is 33.9 Å². The molecule has 0 bridgehead atoms. The molecule has 2 N–H and O–H groups in total. The number of methoxy groups -OCH3 is 2. The number of hydrogen-bond acceptors (Lipinski definition) is 5. The maximum atomic E-state index is 5.87. The fraction of sp³-hybridized carbons (Fsp3) is 0.667. The van der Waals surface area contributed by atoms with Crippen LogP contribution in [0.5, 0.6) is 0 Å². The molecule has 0 radical (unpaired) electrons. The van der Waals surface area contributed by atoms with Crippen molar-refractivity contribution in [1.29, 1.82) is 0 Å². The van der Waals surface area contributed by atoms with E-state index in [0.717, 1.165) is 23.3 Å². The normalized spacial score (nSPS) is 13.2. The van der Waals surface area contributed by atoms with Crippen molar-refractivity contribution in [3.8, 4) is 0 Å². The highest BCUT2D eigenvalue weighted by molar-refractivity contribution is 9.10. The molecule has 0 saturated carbocycles. The van der Waals surface area contributed by atoms with Crippen LogP contribution in [0.2, 0.25) is 0 Å². The van der Waals surface area contributed by atoms with E-state index in [-0.39, 0.29) is 6.04 Å². The van der Waals surface area contributed by atoms with Crippen molar-refractivity contribution in [3.05, 3.63) is 22.6 Å². The fourth-order valence-electron chi connectivity index (χ4n) is 1.81. The number of halogens is 1. The van der Waals surface area contributed by atoms with E-state index in [9.17, 15) is 0 Å². The van der Waals surface area contributed by atoms with Crippen LogP contribution in [-0.2, 0) is 9.47 Å². The highest BCUT2D eigenvalue weighted by atomic mass is 79.9. The lowest BCUT2D eigenvalue weighted by Crippen LogP contribution is -2.38. The van der Waals surface area contributed by atoms with E-state index in [4.69, 9.17) is 19.6 Å². The van der Waals surface area contributed by atoms with E-state index in [2.05, 4.69) is 20.8 Å². The summed E-state index contributed by atoms with van der Waals surface area (Å²) >= 11 is 3.47. The number of nitrogens with zero attached hydrogens (tertiary/aromatic N) is 1. The van der Waals surface area contributed by atoms with Gasteiger partial charge in [0.15, 0.2) is 0 Å². The summed E-state index contributed by atoms with van der Waals surface area (Å²) in [4.78, 5) is 2.20. The quantitative estimate of drug-likeness (QED) is 0.749. The molecule has 0 aliphatic heterocycles. The molecule has 104 valence electrons. The predicted molar refractivity (Wildman–Crippen MR) is 73.5 cm³/mol. The third-order valence-corrected chi connectivity index (χ3v) is 3.43. The summed E-state index contributed by atoms with van der Waals surface area (Å²) in [6, 6.07) is 1.91. The van der Waals surface area contributed by atoms with Gasteiger partial charge in [-0.2, -0.15) is 0 Å². The number of nitrogens with two attached hydrogens (primary N) is 1. The Morgan fingerprint density at radius 2 is 1.94 bits per heavy atom. The molecule has 1 aromatic rings. The SMILES string of the molecule is COCCN(CCOC)C(CN)c1occc1Br. The van der Waals surface area contributed by atoms with Crippen LogP contribution in [0.15, 0.2) is 21.2 Å². The summed E-state index contributed by atoms with van der Waals surface area (Å²) in [5.74, 6) is 0.852. The molecule has 0 aliphatic carbocycles. The smallest absolute Gasteiger partial charge is 0.136 e. The van der Waals surface area contributed by atoms with E-state index >= 15 is 0 Å². The standard InChI is InChI=1S/C12H21BrN2O3/c1-16-7-4-15(5-8-17-2)11(9-14)12-10(13)3-6-18-12/h3,6,11H,4-5,7-9,14H2,1-2H3. The van der Waals surface area contributed by atoms with Gasteiger partial charge in [-0.15, -0.1) is 0 Å². The second-order valence-electron chi connectivity index (χ2n) is 3.91. The van der Waals surface area contributed by atoms with Gasteiger partial charge in [0.1, 0.15) is 5.76 Å². The van der Waals surface area contributed by atoms with Gasteiger partial charge in [-0.3, -0.25) is 4.90 Å². The molecule has 0 aromatic carbocycles. The Hall–Kier alpha value is -0.400. The van der Waals surface area contributed by atoms with Gasteiger partial charge in [0.25, 0.3) is 0 Å². The summed E-state index contributed by atoms with van der Waals surface area (Å²) < 4.78 is 16.7. The first-order valence-corrected chi connectivity index (χ1v) is 6.68. The number of hydrogen-bond donors (Lipinski definition) is 1. The van der Waals surface area contributed by atoms with E-state index in [1.807, 2.05) is 6.07 Å². The van der Waals surface area contributed by atoms with Gasteiger partial charge >= 0.3 is 0 Å². The van der Waals surface area contributed by atoms with Gasteiger partial charge in [0.2, 0.25) is 0 Å². The Labute approximate surface area is 116 Å². The maximum Gasteiger partial charge on any atom is 0.136 e. The van der Waals surface area contributed by atoms with Crippen LogP contribution < -0.4 is 5.73 Å². The molecule has 1 rings (SSSR count). The van der Waals surface area contributed by atoms with Gasteiger partial charge < -0.3 is 19.6 Å². The average molecular weight is 321 g/mol. The first-order chi connectivity index (χ1) is 8.74. The summed E-state index contributed by atoms with van der Waals surface area (Å²) in [5.41, 5.74) is 5.87. The first kappa shape index (κ1) is 15.7. The highest BCUT2D eigenvalue weighted by Gasteiger charge is 2.23. The minimum atomic E-state index is 0.0275. The molecule has 0 spiro atoms. The Morgan fingerprint density at radius 1 is 1.33 bits per heavy atom. The van der Waals surface area contributed by atoms with Gasteiger partial charge in [-0.05, 0) is 22.0 Å². The lowest BCUT2D eigenvalue weighted by Gasteiger charge is -2.29. The molecule has 1 aromatic heterocycles. The zero-order valence-electron chi connectivity index (χ0n) is 10.9. The van der Waals surface area contributed by atoms with Crippen molar-refractivity contribution < 1.29 is 13.9 Å². The van der Waals surface area contributed by atoms with Crippen LogP contribution in [-0.4, -0.2) is 52.0 Å². The first-order valence-electron chi connectivity index (χ1n) is 5.89. The Morgan fingerprint density at radius 3 is 2.33 bits per heavy atom. The molecule has 6 heteroatoms. The van der Waals surface area contributed by atoms with Crippen molar-refractivity contribution in [2.45, 2.75) is 6.04 Å². The van der Waals surface area contributed by atoms with Crippen LogP contribution in [0.1, 0.15) is 11.8 Å². The zero-order valence-corrected chi connectivity index (χ0v) is 12.5. The van der Waals surface area contributed by atoms with Crippen LogP contribution in [0.25, 0.3) is 0 Å². The van der Waals surface area contributed by atoms with Crippen LogP contribution in [0.4, 0.5) is 0 Å². The van der Waals surface area contributed by atoms with E-state index in [1.54, 1.807) is 20.5 Å². The molecular formula is C12H21BrN2O3. The number of furan rings is 1. The molecule has 1 atom stereocenters. The van der Waals surface area contributed by atoms with Crippen molar-refractivity contribution in [3.63, 3.8) is 0 Å². The molecule has 1 unspecified atom stereocenters. The molecular weight excluding hydrogens is 300 g/mol. The van der Waals surface area contributed by atoms with Crippen molar-refractivity contribution in [2.24, 2.45) is 5.73 Å². The highest BCUT2D eigenvalue weighted by Crippen LogP contribution is 2.28. The monoisotopic (exact) mass is 320 g/mol. The molecule has 0 amide bonds. The second-order valence-corrected chi connectivity index (χ2v) is 4.76. The molecule has 1 heterocycles. The number of rotatable bonds is 9. The van der Waals surface area contributed by atoms with E-state index in [0.29, 0.717) is 19.8 Å². The van der Waals surface area contributed by atoms with E-state index < -0.39 is 0 Å². The Bertz CT molecular complexity index is 325. The number of ether oxygens (including phenoxy) is 2. The molecule has 18 heavy (non-hydrogen) atoms. The molecule has 0 aliphatic rings. The largest absolute Gasteiger partial charge is 0.466 e. The predicted octanol–water partition coefficient (Wildman–Crippen LogP) is 1.64. The van der Waals surface area contributed by atoms with Crippen molar-refractivity contribution in [2.75, 3.05) is 47.1 Å². The van der Waals surface area contributed by atoms with Crippen molar-refractivity contribution in [1.82, 2.24) is 4.90 Å². The second kappa shape index (κ2) is 8.66. The third-order valence-electron chi connectivity index (χ3n) is 2.78. The van der Waals surface area contributed by atoms with Gasteiger partial charge in [-0.1, -0.05) is 0 Å². The Balaban J connectivity index is 2.75. The van der Waals surface area contributed by atoms with E-state index in [1.165, 1.54) is 0 Å². The average Bonchev–Trinajstić information content (AvgIpc) is 2.79. The summed E-state index contributed by atoms with van der Waals surface area (Å²) in [6.07, 6.45) is 1.66. The third kappa shape index (κ3) is 4.37. The molecule has 0 fully saturated rings. The topological polar surface area (TPSA) is 60.9 Å². The fourth-order valence-corrected chi connectivity index (χ4v) is 2.27. The minimum Gasteiger partial charge on any atom is -0.466 e. The molecule has 0 saturated heterocycles. The van der Waals surface area contributed by atoms with Crippen LogP contribution in [0, 0.1) is 0 Å². The lowest BCUT2D eigenvalue weighted by atomic mass is 10.2. The summed E-state index contributed by atoms with van der Waals surface area (Å²) in [6.45, 7) is 3.36. The summed E-state index contributed by atoms with van der Waals surface area (Å²) in [7, 11) is 3.38.